The molecule has 0 unspecified atom stereocenters. The number of hydrogen-bond acceptors (Lipinski definition) is 3. The minimum Gasteiger partial charge on any atom is -0.366 e. The Morgan fingerprint density at radius 2 is 1.78 bits per heavy atom. The highest BCUT2D eigenvalue weighted by molar-refractivity contribution is 5.39. The second-order valence-electron chi connectivity index (χ2n) is 3.64. The van der Waals surface area contributed by atoms with E-state index in [4.69, 9.17) is 0 Å². The number of alkyl halides is 3. The van der Waals surface area contributed by atoms with Crippen LogP contribution in [0, 0.1) is 0 Å². The summed E-state index contributed by atoms with van der Waals surface area (Å²) in [5, 5.41) is 2.83. The van der Waals surface area contributed by atoms with Gasteiger partial charge in [-0.05, 0) is 29.8 Å². The molecule has 0 aliphatic heterocycles. The Balaban J connectivity index is 2.06. The molecule has 0 aliphatic rings. The topological polar surface area (TPSA) is 37.8 Å². The van der Waals surface area contributed by atoms with Crippen LogP contribution >= 0.6 is 0 Å². The lowest BCUT2D eigenvalue weighted by atomic mass is 10.2. The summed E-state index contributed by atoms with van der Waals surface area (Å²) in [7, 11) is 0. The highest BCUT2D eigenvalue weighted by Crippen LogP contribution is 2.29. The number of rotatable bonds is 3. The van der Waals surface area contributed by atoms with Crippen molar-refractivity contribution >= 4 is 5.82 Å². The van der Waals surface area contributed by atoms with Gasteiger partial charge in [-0.15, -0.1) is 0 Å². The van der Waals surface area contributed by atoms with Gasteiger partial charge in [0.2, 0.25) is 0 Å². The zero-order chi connectivity index (χ0) is 13.0. The molecule has 6 heteroatoms. The SMILES string of the molecule is FC(F)(F)c1ccnc(NCc2ccncc2)c1. The van der Waals surface area contributed by atoms with Crippen molar-refractivity contribution in [1.29, 1.82) is 0 Å². The quantitative estimate of drug-likeness (QED) is 0.913. The molecule has 2 heterocycles. The Morgan fingerprint density at radius 1 is 1.06 bits per heavy atom. The zero-order valence-electron chi connectivity index (χ0n) is 9.28. The van der Waals surface area contributed by atoms with Crippen LogP contribution in [0.5, 0.6) is 0 Å². The highest BCUT2D eigenvalue weighted by Gasteiger charge is 2.30. The van der Waals surface area contributed by atoms with Crippen LogP contribution in [-0.2, 0) is 12.7 Å². The summed E-state index contributed by atoms with van der Waals surface area (Å²) in [4.78, 5) is 7.70. The molecule has 1 N–H and O–H groups in total. The van der Waals surface area contributed by atoms with E-state index >= 15 is 0 Å². The van der Waals surface area contributed by atoms with Crippen LogP contribution < -0.4 is 5.32 Å². The van der Waals surface area contributed by atoms with E-state index in [-0.39, 0.29) is 5.82 Å². The second kappa shape index (κ2) is 5.03. The summed E-state index contributed by atoms with van der Waals surface area (Å²) in [6, 6.07) is 5.49. The molecule has 2 rings (SSSR count). The van der Waals surface area contributed by atoms with Crippen molar-refractivity contribution in [2.24, 2.45) is 0 Å². The van der Waals surface area contributed by atoms with E-state index in [9.17, 15) is 13.2 Å². The number of anilines is 1. The lowest BCUT2D eigenvalue weighted by molar-refractivity contribution is -0.137. The largest absolute Gasteiger partial charge is 0.416 e. The van der Waals surface area contributed by atoms with Gasteiger partial charge in [-0.2, -0.15) is 13.2 Å². The van der Waals surface area contributed by atoms with Gasteiger partial charge >= 0.3 is 6.18 Å². The van der Waals surface area contributed by atoms with Gasteiger partial charge < -0.3 is 5.32 Å². The summed E-state index contributed by atoms with van der Waals surface area (Å²) < 4.78 is 37.4. The van der Waals surface area contributed by atoms with Crippen molar-refractivity contribution in [2.45, 2.75) is 12.7 Å². The van der Waals surface area contributed by atoms with Gasteiger partial charge in [0, 0.05) is 25.1 Å². The number of nitrogens with one attached hydrogen (secondary N) is 1. The van der Waals surface area contributed by atoms with Gasteiger partial charge in [-0.25, -0.2) is 4.98 Å². The monoisotopic (exact) mass is 253 g/mol. The number of pyridine rings is 2. The molecular formula is C12H10F3N3. The maximum atomic E-state index is 12.5. The molecule has 0 fully saturated rings. The van der Waals surface area contributed by atoms with Crippen LogP contribution in [0.3, 0.4) is 0 Å². The Kier molecular flexibility index (Phi) is 3.45. The smallest absolute Gasteiger partial charge is 0.366 e. The Labute approximate surface area is 102 Å². The fraction of sp³-hybridized carbons (Fsp3) is 0.167. The van der Waals surface area contributed by atoms with E-state index < -0.39 is 11.7 Å². The van der Waals surface area contributed by atoms with Gasteiger partial charge in [0.25, 0.3) is 0 Å². The number of aromatic nitrogens is 2. The van der Waals surface area contributed by atoms with Crippen LogP contribution in [0.25, 0.3) is 0 Å². The lowest BCUT2D eigenvalue weighted by Crippen LogP contribution is -2.07. The molecule has 18 heavy (non-hydrogen) atoms. The molecule has 0 bridgehead atoms. The number of halogens is 3. The van der Waals surface area contributed by atoms with Crippen LogP contribution in [0.4, 0.5) is 19.0 Å². The van der Waals surface area contributed by atoms with E-state index in [1.54, 1.807) is 24.5 Å². The van der Waals surface area contributed by atoms with Crippen LogP contribution in [-0.4, -0.2) is 9.97 Å². The van der Waals surface area contributed by atoms with Gasteiger partial charge in [-0.1, -0.05) is 0 Å². The van der Waals surface area contributed by atoms with E-state index in [1.165, 1.54) is 0 Å². The van der Waals surface area contributed by atoms with Gasteiger partial charge in [-0.3, -0.25) is 4.98 Å². The molecule has 0 amide bonds. The van der Waals surface area contributed by atoms with Crippen LogP contribution in [0.2, 0.25) is 0 Å². The third kappa shape index (κ3) is 3.19. The highest BCUT2D eigenvalue weighted by atomic mass is 19.4. The van der Waals surface area contributed by atoms with Crippen molar-refractivity contribution in [3.8, 4) is 0 Å². The molecule has 0 spiro atoms. The van der Waals surface area contributed by atoms with E-state index in [0.717, 1.165) is 23.9 Å². The molecule has 0 radical (unpaired) electrons. The molecule has 3 nitrogen and oxygen atoms in total. The lowest BCUT2D eigenvalue weighted by Gasteiger charge is -2.09. The standard InChI is InChI=1S/C12H10F3N3/c13-12(14,15)10-3-6-17-11(7-10)18-8-9-1-4-16-5-2-9/h1-7H,8H2,(H,17,18). The Bertz CT molecular complexity index is 511. The Hall–Kier alpha value is -2.11. The number of hydrogen-bond donors (Lipinski definition) is 1. The fourth-order valence-corrected chi connectivity index (χ4v) is 1.40. The van der Waals surface area contributed by atoms with E-state index in [1.807, 2.05) is 0 Å². The molecule has 0 aliphatic carbocycles. The maximum Gasteiger partial charge on any atom is 0.416 e. The van der Waals surface area contributed by atoms with Crippen molar-refractivity contribution in [3.63, 3.8) is 0 Å². The van der Waals surface area contributed by atoms with E-state index in [2.05, 4.69) is 15.3 Å². The first-order valence-electron chi connectivity index (χ1n) is 5.22. The normalized spacial score (nSPS) is 11.3. The average molecular weight is 253 g/mol. The fourth-order valence-electron chi connectivity index (χ4n) is 1.40. The van der Waals surface area contributed by atoms with Gasteiger partial charge in [0.1, 0.15) is 5.82 Å². The summed E-state index contributed by atoms with van der Waals surface area (Å²) in [5.41, 5.74) is 0.207. The Morgan fingerprint density at radius 3 is 2.44 bits per heavy atom. The molecular weight excluding hydrogens is 243 g/mol. The van der Waals surface area contributed by atoms with Crippen molar-refractivity contribution in [3.05, 3.63) is 54.0 Å². The second-order valence-corrected chi connectivity index (χ2v) is 3.64. The third-order valence-corrected chi connectivity index (χ3v) is 2.31. The zero-order valence-corrected chi connectivity index (χ0v) is 9.28. The molecule has 2 aromatic rings. The molecule has 0 aromatic carbocycles. The first-order valence-corrected chi connectivity index (χ1v) is 5.22. The first kappa shape index (κ1) is 12.3. The minimum atomic E-state index is -4.35. The summed E-state index contributed by atoms with van der Waals surface area (Å²) in [6.07, 6.45) is 0.0287. The van der Waals surface area contributed by atoms with E-state index in [0.29, 0.717) is 6.54 Å². The minimum absolute atomic E-state index is 0.196. The molecule has 0 saturated carbocycles. The van der Waals surface area contributed by atoms with Crippen LogP contribution in [0.15, 0.2) is 42.9 Å². The first-order chi connectivity index (χ1) is 8.55. The summed E-state index contributed by atoms with van der Waals surface area (Å²) in [6.45, 7) is 0.400. The number of nitrogens with zero attached hydrogens (tertiary/aromatic N) is 2. The predicted octanol–water partition coefficient (Wildman–Crippen LogP) is 3.11. The molecule has 0 saturated heterocycles. The predicted molar refractivity (Wildman–Crippen MR) is 60.8 cm³/mol. The summed E-state index contributed by atoms with van der Waals surface area (Å²) >= 11 is 0. The van der Waals surface area contributed by atoms with Gasteiger partial charge in [0.05, 0.1) is 5.56 Å². The van der Waals surface area contributed by atoms with Crippen molar-refractivity contribution in [2.75, 3.05) is 5.32 Å². The summed E-state index contributed by atoms with van der Waals surface area (Å²) in [5.74, 6) is 0.196. The average Bonchev–Trinajstić information content (AvgIpc) is 2.37. The van der Waals surface area contributed by atoms with Crippen molar-refractivity contribution in [1.82, 2.24) is 9.97 Å². The van der Waals surface area contributed by atoms with Crippen LogP contribution in [0.1, 0.15) is 11.1 Å². The van der Waals surface area contributed by atoms with Crippen molar-refractivity contribution < 1.29 is 13.2 Å². The third-order valence-electron chi connectivity index (χ3n) is 2.31. The molecule has 2 aromatic heterocycles. The maximum absolute atomic E-state index is 12.5. The molecule has 94 valence electrons. The molecule has 0 atom stereocenters. The van der Waals surface area contributed by atoms with Gasteiger partial charge in [0.15, 0.2) is 0 Å².